The first-order valence-corrected chi connectivity index (χ1v) is 13.4. The second-order valence-corrected chi connectivity index (χ2v) is 11.2. The van der Waals surface area contributed by atoms with Gasteiger partial charge in [0.1, 0.15) is 5.75 Å². The lowest BCUT2D eigenvalue weighted by Crippen LogP contribution is -2.37. The van der Waals surface area contributed by atoms with E-state index >= 15 is 0 Å². The molecular weight excluding hydrogens is 468 g/mol. The molecule has 0 radical (unpaired) electrons. The predicted molar refractivity (Wildman–Crippen MR) is 144 cm³/mol. The van der Waals surface area contributed by atoms with Crippen LogP contribution in [0.5, 0.6) is 5.75 Å². The van der Waals surface area contributed by atoms with E-state index in [1.807, 2.05) is 30.5 Å². The van der Waals surface area contributed by atoms with E-state index in [0.29, 0.717) is 39.3 Å². The first-order valence-electron chi connectivity index (χ1n) is 13.4. The second kappa shape index (κ2) is 13.6. The van der Waals surface area contributed by atoms with Crippen LogP contribution in [0.3, 0.4) is 0 Å². The molecule has 202 valence electrons. The smallest absolute Gasteiger partial charge is 0.304 e. The number of pyridine rings is 1. The first kappa shape index (κ1) is 28.6. The van der Waals surface area contributed by atoms with Gasteiger partial charge in [-0.1, -0.05) is 26.8 Å². The second-order valence-electron chi connectivity index (χ2n) is 11.2. The summed E-state index contributed by atoms with van der Waals surface area (Å²) in [4.78, 5) is 30.8. The van der Waals surface area contributed by atoms with Crippen LogP contribution in [-0.4, -0.2) is 53.2 Å². The lowest BCUT2D eigenvalue weighted by molar-refractivity contribution is -0.145. The van der Waals surface area contributed by atoms with Gasteiger partial charge >= 0.3 is 5.97 Å². The van der Waals surface area contributed by atoms with Gasteiger partial charge in [0, 0.05) is 31.6 Å². The van der Waals surface area contributed by atoms with E-state index in [1.165, 1.54) is 5.56 Å². The van der Waals surface area contributed by atoms with Crippen molar-refractivity contribution in [2.75, 3.05) is 26.4 Å². The molecule has 0 unspecified atom stereocenters. The molecule has 7 heteroatoms. The minimum absolute atomic E-state index is 0.120. The SMILES string of the molecule is Cc1ccnc(CCCCOc2ccc3c(c2)CN(CCOCCC(C)(C)C)C(=O)[C@H](CC(=O)O)C3)c1. The van der Waals surface area contributed by atoms with Crippen LogP contribution < -0.4 is 4.74 Å². The van der Waals surface area contributed by atoms with E-state index in [-0.39, 0.29) is 17.7 Å². The zero-order valence-corrected chi connectivity index (χ0v) is 22.8. The van der Waals surface area contributed by atoms with Gasteiger partial charge in [-0.3, -0.25) is 14.6 Å². The Morgan fingerprint density at radius 2 is 1.92 bits per heavy atom. The average molecular weight is 511 g/mol. The number of aryl methyl sites for hydroxylation is 2. The normalized spacial score (nSPS) is 15.8. The Balaban J connectivity index is 1.57. The van der Waals surface area contributed by atoms with E-state index in [4.69, 9.17) is 9.47 Å². The molecule has 1 aliphatic heterocycles. The number of fused-ring (bicyclic) bond motifs is 1. The highest BCUT2D eigenvalue weighted by Gasteiger charge is 2.31. The Labute approximate surface area is 221 Å². The number of hydrogen-bond acceptors (Lipinski definition) is 5. The number of aliphatic carboxylic acids is 1. The topological polar surface area (TPSA) is 89.0 Å². The molecule has 2 heterocycles. The average Bonchev–Trinajstić information content (AvgIpc) is 2.94. The van der Waals surface area contributed by atoms with Crippen molar-refractivity contribution < 1.29 is 24.2 Å². The molecule has 7 nitrogen and oxygen atoms in total. The molecule has 0 fully saturated rings. The van der Waals surface area contributed by atoms with Crippen molar-refractivity contribution in [1.82, 2.24) is 9.88 Å². The van der Waals surface area contributed by atoms with Crippen LogP contribution >= 0.6 is 0 Å². The number of carbonyl (C=O) groups is 2. The van der Waals surface area contributed by atoms with Crippen molar-refractivity contribution in [3.63, 3.8) is 0 Å². The standard InChI is InChI=1S/C30H42N2O5/c1-22-10-12-31-26(17-22)7-5-6-14-37-27-9-8-23-18-24(20-28(33)34)29(35)32(21-25(23)19-27)13-16-36-15-11-30(2,3)4/h8-10,12,17,19,24H,5-7,11,13-16,18,20-21H2,1-4H3,(H,33,34)/t24-/m0/s1. The van der Waals surface area contributed by atoms with Crippen LogP contribution in [0.4, 0.5) is 0 Å². The quantitative estimate of drug-likeness (QED) is 0.372. The maximum Gasteiger partial charge on any atom is 0.304 e. The summed E-state index contributed by atoms with van der Waals surface area (Å²) in [7, 11) is 0. The van der Waals surface area contributed by atoms with E-state index in [1.54, 1.807) is 4.90 Å². The first-order chi connectivity index (χ1) is 17.6. The van der Waals surface area contributed by atoms with Crippen molar-refractivity contribution in [3.8, 4) is 5.75 Å². The van der Waals surface area contributed by atoms with E-state index in [9.17, 15) is 14.7 Å². The zero-order chi connectivity index (χ0) is 26.8. The number of carboxylic acids is 1. The molecular formula is C30H42N2O5. The van der Waals surface area contributed by atoms with Gasteiger partial charge in [0.2, 0.25) is 5.91 Å². The number of carbonyl (C=O) groups excluding carboxylic acids is 1. The minimum atomic E-state index is -0.955. The number of amides is 1. The van der Waals surface area contributed by atoms with Crippen LogP contribution in [0.2, 0.25) is 0 Å². The van der Waals surface area contributed by atoms with Gasteiger partial charge in [-0.05, 0) is 85.4 Å². The summed E-state index contributed by atoms with van der Waals surface area (Å²) in [6.07, 6.45) is 5.88. The molecule has 3 rings (SSSR count). The fourth-order valence-corrected chi connectivity index (χ4v) is 4.48. The van der Waals surface area contributed by atoms with Gasteiger partial charge < -0.3 is 19.5 Å². The molecule has 1 N–H and O–H groups in total. The summed E-state index contributed by atoms with van der Waals surface area (Å²) < 4.78 is 11.8. The maximum atomic E-state index is 13.2. The van der Waals surface area contributed by atoms with Crippen LogP contribution in [0.15, 0.2) is 36.5 Å². The van der Waals surface area contributed by atoms with Crippen molar-refractivity contribution in [3.05, 3.63) is 58.9 Å². The lowest BCUT2D eigenvalue weighted by atomic mass is 9.93. The number of hydrogen-bond donors (Lipinski definition) is 1. The van der Waals surface area contributed by atoms with E-state index < -0.39 is 11.9 Å². The Bertz CT molecular complexity index is 1050. The molecule has 1 atom stereocenters. The highest BCUT2D eigenvalue weighted by molar-refractivity contribution is 5.84. The number of aromatic nitrogens is 1. The zero-order valence-electron chi connectivity index (χ0n) is 22.8. The molecule has 0 saturated heterocycles. The molecule has 0 spiro atoms. The Hall–Kier alpha value is -2.93. The fraction of sp³-hybridized carbons (Fsp3) is 0.567. The van der Waals surface area contributed by atoms with Gasteiger partial charge in [-0.15, -0.1) is 0 Å². The Morgan fingerprint density at radius 1 is 1.11 bits per heavy atom. The van der Waals surface area contributed by atoms with Crippen molar-refractivity contribution in [1.29, 1.82) is 0 Å². The molecule has 0 bridgehead atoms. The van der Waals surface area contributed by atoms with Gasteiger partial charge in [0.15, 0.2) is 0 Å². The van der Waals surface area contributed by atoms with Crippen LogP contribution in [0.1, 0.15) is 68.8 Å². The third-order valence-electron chi connectivity index (χ3n) is 6.66. The number of nitrogens with zero attached hydrogens (tertiary/aromatic N) is 2. The van der Waals surface area contributed by atoms with Gasteiger partial charge in [-0.25, -0.2) is 0 Å². The van der Waals surface area contributed by atoms with Crippen LogP contribution in [0, 0.1) is 18.3 Å². The van der Waals surface area contributed by atoms with Gasteiger partial charge in [-0.2, -0.15) is 0 Å². The number of ether oxygens (including phenoxy) is 2. The molecule has 0 aliphatic carbocycles. The maximum absolute atomic E-state index is 13.2. The number of benzene rings is 1. The van der Waals surface area contributed by atoms with Gasteiger partial charge in [0.25, 0.3) is 0 Å². The highest BCUT2D eigenvalue weighted by atomic mass is 16.5. The van der Waals surface area contributed by atoms with Crippen molar-refractivity contribution in [2.45, 2.75) is 72.8 Å². The van der Waals surface area contributed by atoms with E-state index in [0.717, 1.165) is 48.3 Å². The lowest BCUT2D eigenvalue weighted by Gasteiger charge is -2.24. The molecule has 1 aliphatic rings. The Kier molecular flexibility index (Phi) is 10.5. The number of unbranched alkanes of at least 4 members (excludes halogenated alkanes) is 1. The molecule has 37 heavy (non-hydrogen) atoms. The summed E-state index contributed by atoms with van der Waals surface area (Å²) in [6.45, 7) is 11.1. The fourth-order valence-electron chi connectivity index (χ4n) is 4.48. The molecule has 2 aromatic rings. The summed E-state index contributed by atoms with van der Waals surface area (Å²) in [5.41, 5.74) is 4.54. The molecule has 1 aromatic carbocycles. The van der Waals surface area contributed by atoms with Crippen LogP contribution in [0.25, 0.3) is 0 Å². The molecule has 0 saturated carbocycles. The van der Waals surface area contributed by atoms with Crippen LogP contribution in [-0.2, 0) is 33.7 Å². The van der Waals surface area contributed by atoms with E-state index in [2.05, 4.69) is 38.7 Å². The molecule has 1 aromatic heterocycles. The summed E-state index contributed by atoms with van der Waals surface area (Å²) in [6, 6.07) is 10.0. The summed E-state index contributed by atoms with van der Waals surface area (Å²) in [5.74, 6) is -0.873. The highest BCUT2D eigenvalue weighted by Crippen LogP contribution is 2.28. The predicted octanol–water partition coefficient (Wildman–Crippen LogP) is 5.22. The summed E-state index contributed by atoms with van der Waals surface area (Å²) >= 11 is 0. The number of rotatable bonds is 13. The minimum Gasteiger partial charge on any atom is -0.494 e. The Morgan fingerprint density at radius 3 is 2.65 bits per heavy atom. The third kappa shape index (κ3) is 9.80. The number of carboxylic acid groups (broad SMARTS) is 1. The third-order valence-corrected chi connectivity index (χ3v) is 6.66. The molecule has 1 amide bonds. The largest absolute Gasteiger partial charge is 0.494 e. The monoisotopic (exact) mass is 510 g/mol. The van der Waals surface area contributed by atoms with Gasteiger partial charge in [0.05, 0.1) is 25.6 Å². The summed E-state index contributed by atoms with van der Waals surface area (Å²) in [5, 5.41) is 9.38. The van der Waals surface area contributed by atoms with Crippen molar-refractivity contribution in [2.24, 2.45) is 11.3 Å². The van der Waals surface area contributed by atoms with Crippen molar-refractivity contribution >= 4 is 11.9 Å².